The van der Waals surface area contributed by atoms with Crippen LogP contribution in [0.1, 0.15) is 56.9 Å². The summed E-state index contributed by atoms with van der Waals surface area (Å²) >= 11 is 1.01. The second kappa shape index (κ2) is 10.3. The van der Waals surface area contributed by atoms with Crippen molar-refractivity contribution in [1.29, 1.82) is 0 Å². The molecule has 2 fully saturated rings. The topological polar surface area (TPSA) is 101 Å². The molecular formula is C26H32N4O3S2. The maximum atomic E-state index is 13.0. The smallest absolute Gasteiger partial charge is 0.242 e. The van der Waals surface area contributed by atoms with Gasteiger partial charge >= 0.3 is 0 Å². The number of hydrogen-bond donors (Lipinski definition) is 2. The molecule has 0 bridgehead atoms. The van der Waals surface area contributed by atoms with E-state index in [2.05, 4.69) is 43.1 Å². The van der Waals surface area contributed by atoms with Crippen molar-refractivity contribution in [3.05, 3.63) is 54.1 Å². The van der Waals surface area contributed by atoms with Crippen molar-refractivity contribution in [2.75, 3.05) is 13.1 Å². The van der Waals surface area contributed by atoms with Crippen LogP contribution in [0.3, 0.4) is 0 Å². The van der Waals surface area contributed by atoms with E-state index in [0.717, 1.165) is 50.3 Å². The number of aromatic nitrogens is 2. The van der Waals surface area contributed by atoms with Gasteiger partial charge in [0.15, 0.2) is 0 Å². The van der Waals surface area contributed by atoms with Gasteiger partial charge in [-0.15, -0.1) is 0 Å². The van der Waals surface area contributed by atoms with Gasteiger partial charge in [-0.2, -0.15) is 8.75 Å². The van der Waals surface area contributed by atoms with Crippen LogP contribution in [0.4, 0.5) is 0 Å². The summed E-state index contributed by atoms with van der Waals surface area (Å²) < 4.78 is 36.8. The molecule has 0 saturated heterocycles. The monoisotopic (exact) mass is 512 g/mol. The van der Waals surface area contributed by atoms with Crippen LogP contribution < -0.4 is 10.0 Å². The molecule has 9 heteroatoms. The molecule has 7 nitrogen and oxygen atoms in total. The molecule has 2 aromatic carbocycles. The van der Waals surface area contributed by atoms with Gasteiger partial charge in [0.25, 0.3) is 0 Å². The lowest BCUT2D eigenvalue weighted by atomic mass is 9.78. The fourth-order valence-corrected chi connectivity index (χ4v) is 7.62. The molecule has 2 saturated carbocycles. The zero-order valence-corrected chi connectivity index (χ0v) is 21.4. The van der Waals surface area contributed by atoms with Crippen LogP contribution in [0.25, 0.3) is 11.0 Å². The molecule has 1 aromatic heterocycles. The summed E-state index contributed by atoms with van der Waals surface area (Å²) in [7, 11) is -3.66. The Bertz CT molecular complexity index is 1260. The molecule has 2 aliphatic carbocycles. The number of hydrogen-bond acceptors (Lipinski definition) is 6. The molecule has 0 atom stereocenters. The third-order valence-corrected chi connectivity index (χ3v) is 9.86. The standard InChI is InChI=1S/C26H32N4O3S2/c31-25(27-18-26(15-4-5-16-26)21-7-2-1-3-8-21)20-13-11-19(12-14-20)17-28-35(32,33)23-10-6-9-22-24(23)30-34-29-22/h1-3,6-10,19-20,28H,4-5,11-18H2,(H,27,31). The summed E-state index contributed by atoms with van der Waals surface area (Å²) in [6.45, 7) is 1.08. The quantitative estimate of drug-likeness (QED) is 0.466. The molecule has 0 unspecified atom stereocenters. The molecule has 35 heavy (non-hydrogen) atoms. The largest absolute Gasteiger partial charge is 0.355 e. The van der Waals surface area contributed by atoms with Crippen molar-refractivity contribution in [3.8, 4) is 0 Å². The molecule has 1 amide bonds. The Morgan fingerprint density at radius 1 is 0.971 bits per heavy atom. The van der Waals surface area contributed by atoms with E-state index in [1.807, 2.05) is 6.07 Å². The summed E-state index contributed by atoms with van der Waals surface area (Å²) in [6, 6.07) is 15.6. The van der Waals surface area contributed by atoms with Crippen LogP contribution in [0.2, 0.25) is 0 Å². The number of rotatable bonds is 8. The van der Waals surface area contributed by atoms with Crippen molar-refractivity contribution in [3.63, 3.8) is 0 Å². The van der Waals surface area contributed by atoms with E-state index in [1.54, 1.807) is 18.2 Å². The number of carbonyl (C=O) groups excluding carboxylic acids is 1. The Labute approximate surface area is 211 Å². The van der Waals surface area contributed by atoms with Gasteiger partial charge in [-0.3, -0.25) is 4.79 Å². The van der Waals surface area contributed by atoms with E-state index in [1.165, 1.54) is 18.4 Å². The zero-order chi connectivity index (χ0) is 24.3. The maximum absolute atomic E-state index is 13.0. The summed E-state index contributed by atoms with van der Waals surface area (Å²) in [4.78, 5) is 13.2. The Kier molecular flexibility index (Phi) is 7.18. The van der Waals surface area contributed by atoms with Crippen LogP contribution in [-0.4, -0.2) is 36.2 Å². The predicted octanol–water partition coefficient (Wildman–Crippen LogP) is 4.40. The van der Waals surface area contributed by atoms with E-state index >= 15 is 0 Å². The van der Waals surface area contributed by atoms with Crippen LogP contribution in [0.5, 0.6) is 0 Å². The van der Waals surface area contributed by atoms with Gasteiger partial charge in [-0.1, -0.05) is 49.2 Å². The van der Waals surface area contributed by atoms with Crippen molar-refractivity contribution in [1.82, 2.24) is 18.8 Å². The fourth-order valence-electron chi connectivity index (χ4n) is 5.74. The van der Waals surface area contributed by atoms with Gasteiger partial charge in [-0.05, 0) is 62.1 Å². The Morgan fingerprint density at radius 2 is 1.71 bits per heavy atom. The first-order valence-electron chi connectivity index (χ1n) is 12.5. The highest BCUT2D eigenvalue weighted by atomic mass is 32.2. The highest BCUT2D eigenvalue weighted by molar-refractivity contribution is 7.89. The van der Waals surface area contributed by atoms with Gasteiger partial charge in [0.2, 0.25) is 15.9 Å². The Morgan fingerprint density at radius 3 is 2.46 bits per heavy atom. The van der Waals surface area contributed by atoms with Gasteiger partial charge in [-0.25, -0.2) is 13.1 Å². The van der Waals surface area contributed by atoms with Crippen molar-refractivity contribution in [2.24, 2.45) is 11.8 Å². The lowest BCUT2D eigenvalue weighted by molar-refractivity contribution is -0.126. The third kappa shape index (κ3) is 5.27. The molecule has 1 heterocycles. The minimum Gasteiger partial charge on any atom is -0.355 e. The second-order valence-corrected chi connectivity index (χ2v) is 12.3. The van der Waals surface area contributed by atoms with Crippen LogP contribution in [-0.2, 0) is 20.2 Å². The maximum Gasteiger partial charge on any atom is 0.242 e. The number of nitrogens with one attached hydrogen (secondary N) is 2. The van der Waals surface area contributed by atoms with Crippen LogP contribution in [0, 0.1) is 11.8 Å². The van der Waals surface area contributed by atoms with Gasteiger partial charge in [0.1, 0.15) is 15.9 Å². The fraction of sp³-hybridized carbons (Fsp3) is 0.500. The molecule has 3 aromatic rings. The summed E-state index contributed by atoms with van der Waals surface area (Å²) in [5, 5.41) is 3.28. The molecule has 0 radical (unpaired) electrons. The number of carbonyl (C=O) groups is 1. The first-order chi connectivity index (χ1) is 17.0. The Balaban J connectivity index is 1.12. The van der Waals surface area contributed by atoms with Crippen molar-refractivity contribution >= 4 is 38.7 Å². The van der Waals surface area contributed by atoms with Crippen LogP contribution in [0.15, 0.2) is 53.4 Å². The number of nitrogens with zero attached hydrogens (tertiary/aromatic N) is 2. The highest BCUT2D eigenvalue weighted by Crippen LogP contribution is 2.40. The highest BCUT2D eigenvalue weighted by Gasteiger charge is 2.36. The van der Waals surface area contributed by atoms with E-state index in [0.29, 0.717) is 24.1 Å². The molecule has 2 N–H and O–H groups in total. The minimum absolute atomic E-state index is 0.00640. The normalized spacial score (nSPS) is 22.3. The number of benzene rings is 2. The molecule has 186 valence electrons. The van der Waals surface area contributed by atoms with E-state index in [-0.39, 0.29) is 28.1 Å². The molecule has 5 rings (SSSR count). The van der Waals surface area contributed by atoms with E-state index < -0.39 is 10.0 Å². The van der Waals surface area contributed by atoms with Crippen molar-refractivity contribution in [2.45, 2.75) is 61.7 Å². The van der Waals surface area contributed by atoms with Crippen LogP contribution >= 0.6 is 11.7 Å². The minimum atomic E-state index is -3.66. The number of amides is 1. The second-order valence-electron chi connectivity index (χ2n) is 10.0. The first-order valence-corrected chi connectivity index (χ1v) is 14.7. The average molecular weight is 513 g/mol. The lowest BCUT2D eigenvalue weighted by Crippen LogP contribution is -2.42. The molecule has 2 aliphatic rings. The molecule has 0 aliphatic heterocycles. The van der Waals surface area contributed by atoms with Gasteiger partial charge in [0, 0.05) is 24.4 Å². The van der Waals surface area contributed by atoms with Gasteiger partial charge < -0.3 is 5.32 Å². The average Bonchev–Trinajstić information content (AvgIpc) is 3.57. The van der Waals surface area contributed by atoms with E-state index in [9.17, 15) is 13.2 Å². The Hall–Kier alpha value is -2.36. The third-order valence-electron chi connectivity index (χ3n) is 7.87. The first kappa shape index (κ1) is 24.3. The molecule has 0 spiro atoms. The van der Waals surface area contributed by atoms with E-state index in [4.69, 9.17) is 0 Å². The SMILES string of the molecule is O=C(NCC1(c2ccccc2)CCCC1)C1CCC(CNS(=O)(=O)c2cccc3nsnc23)CC1. The summed E-state index contributed by atoms with van der Waals surface area (Å²) in [5.74, 6) is 0.382. The summed E-state index contributed by atoms with van der Waals surface area (Å²) in [5.41, 5.74) is 2.40. The molecular weight excluding hydrogens is 480 g/mol. The number of sulfonamides is 1. The number of fused-ring (bicyclic) bond motifs is 1. The van der Waals surface area contributed by atoms with Gasteiger partial charge in [0.05, 0.1) is 11.7 Å². The predicted molar refractivity (Wildman–Crippen MR) is 138 cm³/mol. The zero-order valence-electron chi connectivity index (χ0n) is 19.8. The van der Waals surface area contributed by atoms with Crippen molar-refractivity contribution < 1.29 is 13.2 Å². The summed E-state index contributed by atoms with van der Waals surface area (Å²) in [6.07, 6.45) is 7.92. The lowest BCUT2D eigenvalue weighted by Gasteiger charge is -2.32.